The lowest BCUT2D eigenvalue weighted by Crippen LogP contribution is -2.56. The molecule has 68 valence electrons. The van der Waals surface area contributed by atoms with Gasteiger partial charge < -0.3 is 15.7 Å². The van der Waals surface area contributed by atoms with Gasteiger partial charge in [-0.1, -0.05) is 0 Å². The van der Waals surface area contributed by atoms with E-state index in [1.54, 1.807) is 4.90 Å². The number of aliphatic hydroxyl groups excluding tert-OH is 1. The Labute approximate surface area is 71.3 Å². The summed E-state index contributed by atoms with van der Waals surface area (Å²) in [5, 5.41) is 9.32. The quantitative estimate of drug-likeness (QED) is 0.493. The Morgan fingerprint density at radius 3 is 3.08 bits per heavy atom. The van der Waals surface area contributed by atoms with Crippen molar-refractivity contribution in [1.29, 1.82) is 0 Å². The number of amides is 1. The van der Waals surface area contributed by atoms with Crippen LogP contribution in [0.15, 0.2) is 0 Å². The Hall–Kier alpha value is -0.610. The van der Waals surface area contributed by atoms with Crippen molar-refractivity contribution in [2.24, 2.45) is 5.73 Å². The molecule has 2 aliphatic heterocycles. The summed E-state index contributed by atoms with van der Waals surface area (Å²) in [6, 6.07) is 0.168. The normalized spacial score (nSPS) is 41.7. The third kappa shape index (κ3) is 1.03. The first kappa shape index (κ1) is 8.01. The van der Waals surface area contributed by atoms with Gasteiger partial charge in [0.25, 0.3) is 5.91 Å². The Morgan fingerprint density at radius 2 is 2.33 bits per heavy atom. The lowest BCUT2D eigenvalue weighted by atomic mass is 9.95. The maximum absolute atomic E-state index is 11.4. The van der Waals surface area contributed by atoms with Crippen molar-refractivity contribution in [3.8, 4) is 0 Å². The highest BCUT2D eigenvalue weighted by Crippen LogP contribution is 2.26. The van der Waals surface area contributed by atoms with E-state index >= 15 is 0 Å². The van der Waals surface area contributed by atoms with E-state index in [-0.39, 0.29) is 18.0 Å². The van der Waals surface area contributed by atoms with Crippen molar-refractivity contribution in [3.05, 3.63) is 0 Å². The fraction of sp³-hybridized carbons (Fsp3) is 0.875. The summed E-state index contributed by atoms with van der Waals surface area (Å²) in [5.41, 5.74) is 5.82. The van der Waals surface area contributed by atoms with Crippen LogP contribution in [0.3, 0.4) is 0 Å². The van der Waals surface area contributed by atoms with Crippen molar-refractivity contribution in [2.45, 2.75) is 37.5 Å². The zero-order chi connectivity index (χ0) is 8.72. The maximum Gasteiger partial charge on any atom is 0.251 e. The van der Waals surface area contributed by atoms with Crippen molar-refractivity contribution < 1.29 is 9.90 Å². The van der Waals surface area contributed by atoms with Gasteiger partial charge in [-0.05, 0) is 19.3 Å². The number of carbonyl (C=O) groups is 1. The van der Waals surface area contributed by atoms with Gasteiger partial charge in [0.2, 0.25) is 0 Å². The summed E-state index contributed by atoms with van der Waals surface area (Å²) in [7, 11) is 0. The van der Waals surface area contributed by atoms with Gasteiger partial charge in [0.05, 0.1) is 0 Å². The molecule has 0 aromatic carbocycles. The van der Waals surface area contributed by atoms with Crippen LogP contribution < -0.4 is 5.73 Å². The smallest absolute Gasteiger partial charge is 0.251 e. The largest absolute Gasteiger partial charge is 0.383 e. The minimum atomic E-state index is -0.852. The molecule has 2 saturated heterocycles. The van der Waals surface area contributed by atoms with E-state index in [1.807, 2.05) is 0 Å². The molecule has 0 aliphatic carbocycles. The second-order valence-corrected chi connectivity index (χ2v) is 3.66. The molecule has 3 N–H and O–H groups in total. The fourth-order valence-corrected chi connectivity index (χ4v) is 2.22. The van der Waals surface area contributed by atoms with E-state index < -0.39 is 6.10 Å². The maximum atomic E-state index is 11.4. The predicted octanol–water partition coefficient (Wildman–Crippen LogP) is -0.931. The molecule has 2 heterocycles. The van der Waals surface area contributed by atoms with E-state index in [0.717, 1.165) is 19.4 Å². The monoisotopic (exact) mass is 170 g/mol. The second kappa shape index (κ2) is 2.71. The van der Waals surface area contributed by atoms with Gasteiger partial charge >= 0.3 is 0 Å². The van der Waals surface area contributed by atoms with Gasteiger partial charge in [0.1, 0.15) is 6.10 Å². The molecule has 1 amide bonds. The lowest BCUT2D eigenvalue weighted by Gasteiger charge is -2.36. The van der Waals surface area contributed by atoms with Crippen molar-refractivity contribution in [2.75, 3.05) is 6.54 Å². The first-order valence-electron chi connectivity index (χ1n) is 4.44. The van der Waals surface area contributed by atoms with Gasteiger partial charge in [-0.25, -0.2) is 0 Å². The molecule has 0 radical (unpaired) electrons. The van der Waals surface area contributed by atoms with Crippen LogP contribution in [0, 0.1) is 0 Å². The first-order valence-corrected chi connectivity index (χ1v) is 4.44. The molecule has 2 aliphatic rings. The van der Waals surface area contributed by atoms with Crippen LogP contribution in [0.4, 0.5) is 0 Å². The Bertz CT molecular complexity index is 207. The van der Waals surface area contributed by atoms with Crippen molar-refractivity contribution >= 4 is 5.91 Å². The number of hydrogen-bond acceptors (Lipinski definition) is 3. The molecule has 2 rings (SSSR count). The van der Waals surface area contributed by atoms with Gasteiger partial charge in [0.15, 0.2) is 0 Å². The Balaban J connectivity index is 2.17. The van der Waals surface area contributed by atoms with Gasteiger partial charge in [-0.3, -0.25) is 4.79 Å². The molecule has 12 heavy (non-hydrogen) atoms. The van der Waals surface area contributed by atoms with Gasteiger partial charge in [0, 0.05) is 18.6 Å². The highest BCUT2D eigenvalue weighted by Gasteiger charge is 2.41. The fourth-order valence-electron chi connectivity index (χ4n) is 2.22. The zero-order valence-electron chi connectivity index (χ0n) is 6.94. The second-order valence-electron chi connectivity index (χ2n) is 3.66. The SMILES string of the molecule is N[C@H]1C[C@@H](O)C(=O)N2CCC[C@@H]12. The molecule has 4 heteroatoms. The lowest BCUT2D eigenvalue weighted by molar-refractivity contribution is -0.146. The van der Waals surface area contributed by atoms with Crippen LogP contribution in [0.5, 0.6) is 0 Å². The number of nitrogens with two attached hydrogens (primary N) is 1. The molecule has 0 aromatic heterocycles. The van der Waals surface area contributed by atoms with E-state index in [2.05, 4.69) is 0 Å². The van der Waals surface area contributed by atoms with E-state index in [9.17, 15) is 9.90 Å². The van der Waals surface area contributed by atoms with Crippen LogP contribution in [-0.2, 0) is 4.79 Å². The van der Waals surface area contributed by atoms with Crippen molar-refractivity contribution in [3.63, 3.8) is 0 Å². The Morgan fingerprint density at radius 1 is 1.58 bits per heavy atom. The number of piperidine rings is 1. The molecular formula is C8H14N2O2. The summed E-state index contributed by atoms with van der Waals surface area (Å²) >= 11 is 0. The Kier molecular flexibility index (Phi) is 1.81. The third-order valence-corrected chi connectivity index (χ3v) is 2.86. The first-order chi connectivity index (χ1) is 5.70. The predicted molar refractivity (Wildman–Crippen MR) is 43.3 cm³/mol. The highest BCUT2D eigenvalue weighted by atomic mass is 16.3. The van der Waals surface area contributed by atoms with Crippen LogP contribution in [0.25, 0.3) is 0 Å². The minimum absolute atomic E-state index is 0.0276. The summed E-state index contributed by atoms with van der Waals surface area (Å²) < 4.78 is 0. The summed E-state index contributed by atoms with van der Waals surface area (Å²) in [6.45, 7) is 0.772. The average molecular weight is 170 g/mol. The number of fused-ring (bicyclic) bond motifs is 1. The zero-order valence-corrected chi connectivity index (χ0v) is 6.94. The summed E-state index contributed by atoms with van der Waals surface area (Å²) in [6.07, 6.45) is 1.60. The molecule has 0 unspecified atom stereocenters. The number of nitrogens with zero attached hydrogens (tertiary/aromatic N) is 1. The summed E-state index contributed by atoms with van der Waals surface area (Å²) in [5.74, 6) is -0.126. The average Bonchev–Trinajstić information content (AvgIpc) is 2.48. The molecule has 0 aromatic rings. The standard InChI is InChI=1S/C8H14N2O2/c9-5-4-7(11)8(12)10-3-1-2-6(5)10/h5-7,11H,1-4,9H2/t5-,6-,7+/m0/s1. The topological polar surface area (TPSA) is 66.6 Å². The molecule has 0 saturated carbocycles. The molecule has 4 nitrogen and oxygen atoms in total. The van der Waals surface area contributed by atoms with Crippen LogP contribution in [0.2, 0.25) is 0 Å². The van der Waals surface area contributed by atoms with Crippen molar-refractivity contribution in [1.82, 2.24) is 4.90 Å². The third-order valence-electron chi connectivity index (χ3n) is 2.86. The van der Waals surface area contributed by atoms with E-state index in [4.69, 9.17) is 5.73 Å². The number of hydrogen-bond donors (Lipinski definition) is 2. The van der Waals surface area contributed by atoms with Gasteiger partial charge in [-0.2, -0.15) is 0 Å². The molecule has 2 fully saturated rings. The highest BCUT2D eigenvalue weighted by molar-refractivity contribution is 5.82. The minimum Gasteiger partial charge on any atom is -0.383 e. The molecule has 3 atom stereocenters. The van der Waals surface area contributed by atoms with Gasteiger partial charge in [-0.15, -0.1) is 0 Å². The van der Waals surface area contributed by atoms with Crippen LogP contribution >= 0.6 is 0 Å². The summed E-state index contributed by atoms with van der Waals surface area (Å²) in [4.78, 5) is 13.1. The van der Waals surface area contributed by atoms with E-state index in [1.165, 1.54) is 0 Å². The molecule has 0 bridgehead atoms. The number of carbonyl (C=O) groups excluding carboxylic acids is 1. The van der Waals surface area contributed by atoms with Crippen LogP contribution in [-0.4, -0.2) is 40.6 Å². The van der Waals surface area contributed by atoms with Crippen LogP contribution in [0.1, 0.15) is 19.3 Å². The molecule has 0 spiro atoms. The van der Waals surface area contributed by atoms with E-state index in [0.29, 0.717) is 6.42 Å². The number of aliphatic hydroxyl groups is 1. The number of rotatable bonds is 0. The molecular weight excluding hydrogens is 156 g/mol.